The normalized spacial score (nSPS) is 11.5. The first-order valence-electron chi connectivity index (χ1n) is 6.20. The van der Waals surface area contributed by atoms with Gasteiger partial charge in [0.25, 0.3) is 0 Å². The van der Waals surface area contributed by atoms with Crippen molar-refractivity contribution in [2.45, 2.75) is 18.4 Å². The van der Waals surface area contributed by atoms with Crippen LogP contribution in [0.25, 0.3) is 0 Å². The molecule has 0 bridgehead atoms. The number of nitrogens with zero attached hydrogens (tertiary/aromatic N) is 1. The zero-order valence-electron chi connectivity index (χ0n) is 11.1. The van der Waals surface area contributed by atoms with Gasteiger partial charge in [-0.1, -0.05) is 6.92 Å². The molecule has 1 N–H and O–H groups in total. The minimum atomic E-state index is -3.11. The van der Waals surface area contributed by atoms with E-state index < -0.39 is 9.84 Å². The third-order valence-electron chi connectivity index (χ3n) is 3.12. The van der Waals surface area contributed by atoms with Crippen LogP contribution < -0.4 is 5.32 Å². The number of nitrogens with one attached hydrogen (secondary N) is 1. The van der Waals surface area contributed by atoms with E-state index in [-0.39, 0.29) is 5.75 Å². The van der Waals surface area contributed by atoms with Crippen molar-refractivity contribution in [3.05, 3.63) is 48.3 Å². The molecule has 0 aliphatic rings. The Bertz CT molecular complexity index is 642. The molecule has 4 nitrogen and oxygen atoms in total. The molecule has 0 radical (unpaired) electrons. The van der Waals surface area contributed by atoms with E-state index in [1.807, 2.05) is 29.9 Å². The van der Waals surface area contributed by atoms with Crippen LogP contribution in [0.3, 0.4) is 0 Å². The predicted molar refractivity (Wildman–Crippen MR) is 76.9 cm³/mol. The Hall–Kier alpha value is -1.75. The quantitative estimate of drug-likeness (QED) is 0.914. The largest absolute Gasteiger partial charge is 0.379 e. The molecule has 2 aromatic rings. The summed E-state index contributed by atoms with van der Waals surface area (Å²) in [5.41, 5.74) is 2.08. The lowest BCUT2D eigenvalue weighted by Crippen LogP contribution is -2.05. The van der Waals surface area contributed by atoms with Crippen molar-refractivity contribution in [3.63, 3.8) is 0 Å². The first-order valence-corrected chi connectivity index (χ1v) is 7.85. The van der Waals surface area contributed by atoms with E-state index >= 15 is 0 Å². The molecule has 0 aliphatic carbocycles. The summed E-state index contributed by atoms with van der Waals surface area (Å²) in [6.07, 6.45) is 1.99. The van der Waals surface area contributed by atoms with Crippen molar-refractivity contribution >= 4 is 15.5 Å². The fraction of sp³-hybridized carbons (Fsp3) is 0.286. The van der Waals surface area contributed by atoms with E-state index in [4.69, 9.17) is 0 Å². The lowest BCUT2D eigenvalue weighted by Gasteiger charge is -2.08. The molecule has 1 heterocycles. The molecule has 1 aromatic heterocycles. The molecule has 0 saturated heterocycles. The Labute approximate surface area is 114 Å². The molecule has 0 atom stereocenters. The topological polar surface area (TPSA) is 51.1 Å². The number of hydrogen-bond acceptors (Lipinski definition) is 3. The van der Waals surface area contributed by atoms with E-state index in [0.717, 1.165) is 5.69 Å². The summed E-state index contributed by atoms with van der Waals surface area (Å²) in [5.74, 6) is 0.128. The van der Waals surface area contributed by atoms with E-state index in [2.05, 4.69) is 5.32 Å². The van der Waals surface area contributed by atoms with Gasteiger partial charge in [0.05, 0.1) is 17.2 Å². The van der Waals surface area contributed by atoms with Crippen LogP contribution in [0.5, 0.6) is 0 Å². The van der Waals surface area contributed by atoms with Crippen molar-refractivity contribution in [2.24, 2.45) is 7.05 Å². The molecule has 19 heavy (non-hydrogen) atoms. The lowest BCUT2D eigenvalue weighted by molar-refractivity contribution is 0.597. The summed E-state index contributed by atoms with van der Waals surface area (Å²) in [4.78, 5) is 0.374. The Kier molecular flexibility index (Phi) is 3.95. The van der Waals surface area contributed by atoms with E-state index in [9.17, 15) is 8.42 Å². The molecule has 0 amide bonds. The molecule has 0 unspecified atom stereocenters. The first kappa shape index (κ1) is 13.7. The highest BCUT2D eigenvalue weighted by molar-refractivity contribution is 7.91. The fourth-order valence-corrected chi connectivity index (χ4v) is 2.70. The number of anilines is 1. The van der Waals surface area contributed by atoms with Gasteiger partial charge < -0.3 is 9.88 Å². The number of aromatic nitrogens is 1. The average molecular weight is 278 g/mol. The van der Waals surface area contributed by atoms with Crippen LogP contribution >= 0.6 is 0 Å². The van der Waals surface area contributed by atoms with Crippen LogP contribution in [0, 0.1) is 0 Å². The fourth-order valence-electron chi connectivity index (χ4n) is 1.82. The minimum absolute atomic E-state index is 0.128. The average Bonchev–Trinajstić information content (AvgIpc) is 2.82. The Morgan fingerprint density at radius 2 is 1.84 bits per heavy atom. The monoisotopic (exact) mass is 278 g/mol. The molecule has 102 valence electrons. The van der Waals surface area contributed by atoms with Crippen molar-refractivity contribution in [1.29, 1.82) is 0 Å². The molecular weight excluding hydrogens is 260 g/mol. The van der Waals surface area contributed by atoms with E-state index in [1.54, 1.807) is 31.2 Å². The van der Waals surface area contributed by atoms with Gasteiger partial charge in [-0.05, 0) is 36.4 Å². The highest BCUT2D eigenvalue weighted by Crippen LogP contribution is 2.16. The van der Waals surface area contributed by atoms with E-state index in [0.29, 0.717) is 11.4 Å². The van der Waals surface area contributed by atoms with Gasteiger partial charge in [-0.2, -0.15) is 0 Å². The third-order valence-corrected chi connectivity index (χ3v) is 4.87. The van der Waals surface area contributed by atoms with Gasteiger partial charge in [0.1, 0.15) is 0 Å². The van der Waals surface area contributed by atoms with Gasteiger partial charge in [-0.3, -0.25) is 0 Å². The highest BCUT2D eigenvalue weighted by atomic mass is 32.2. The zero-order valence-corrected chi connectivity index (χ0v) is 11.9. The molecule has 0 saturated carbocycles. The zero-order chi connectivity index (χ0) is 13.9. The number of sulfone groups is 1. The molecule has 0 fully saturated rings. The van der Waals surface area contributed by atoms with Gasteiger partial charge in [0.15, 0.2) is 9.84 Å². The summed E-state index contributed by atoms with van der Waals surface area (Å²) in [5, 5.41) is 3.27. The maximum Gasteiger partial charge on any atom is 0.178 e. The van der Waals surface area contributed by atoms with Crippen LogP contribution in [-0.4, -0.2) is 18.7 Å². The molecule has 2 rings (SSSR count). The summed E-state index contributed by atoms with van der Waals surface area (Å²) in [7, 11) is -1.12. The van der Waals surface area contributed by atoms with Crippen molar-refractivity contribution in [3.8, 4) is 0 Å². The smallest absolute Gasteiger partial charge is 0.178 e. The summed E-state index contributed by atoms with van der Waals surface area (Å²) < 4.78 is 25.4. The second-order valence-electron chi connectivity index (χ2n) is 4.39. The Balaban J connectivity index is 2.06. The maximum absolute atomic E-state index is 11.7. The lowest BCUT2D eigenvalue weighted by atomic mass is 10.3. The van der Waals surface area contributed by atoms with Gasteiger partial charge in [0, 0.05) is 24.6 Å². The Morgan fingerprint density at radius 3 is 2.37 bits per heavy atom. The van der Waals surface area contributed by atoms with Gasteiger partial charge >= 0.3 is 0 Å². The molecule has 5 heteroatoms. The van der Waals surface area contributed by atoms with Gasteiger partial charge in [-0.15, -0.1) is 0 Å². The third kappa shape index (κ3) is 3.17. The summed E-state index contributed by atoms with van der Waals surface area (Å²) >= 11 is 0. The Morgan fingerprint density at radius 1 is 1.16 bits per heavy atom. The number of rotatable bonds is 5. The number of aryl methyl sites for hydroxylation is 1. The SMILES string of the molecule is CCS(=O)(=O)c1ccc(NCc2cccn2C)cc1. The van der Waals surface area contributed by atoms with Crippen LogP contribution in [-0.2, 0) is 23.4 Å². The van der Waals surface area contributed by atoms with Crippen LogP contribution in [0.2, 0.25) is 0 Å². The molecule has 0 spiro atoms. The standard InChI is InChI=1S/C14H18N2O2S/c1-3-19(17,18)14-8-6-12(7-9-14)15-11-13-5-4-10-16(13)2/h4-10,15H,3,11H2,1-2H3. The summed E-state index contributed by atoms with van der Waals surface area (Å²) in [6, 6.07) is 10.9. The van der Waals surface area contributed by atoms with Crippen molar-refractivity contribution in [2.75, 3.05) is 11.1 Å². The minimum Gasteiger partial charge on any atom is -0.379 e. The second-order valence-corrected chi connectivity index (χ2v) is 6.67. The van der Waals surface area contributed by atoms with Gasteiger partial charge in [-0.25, -0.2) is 8.42 Å². The maximum atomic E-state index is 11.7. The van der Waals surface area contributed by atoms with Crippen LogP contribution in [0.4, 0.5) is 5.69 Å². The molecule has 0 aliphatic heterocycles. The van der Waals surface area contributed by atoms with Crippen molar-refractivity contribution in [1.82, 2.24) is 4.57 Å². The van der Waals surface area contributed by atoms with Crippen molar-refractivity contribution < 1.29 is 8.42 Å². The van der Waals surface area contributed by atoms with Crippen LogP contribution in [0.15, 0.2) is 47.5 Å². The first-order chi connectivity index (χ1) is 9.03. The molecule has 1 aromatic carbocycles. The highest BCUT2D eigenvalue weighted by Gasteiger charge is 2.10. The molecular formula is C14H18N2O2S. The number of hydrogen-bond donors (Lipinski definition) is 1. The number of benzene rings is 1. The second kappa shape index (κ2) is 5.48. The van der Waals surface area contributed by atoms with Crippen LogP contribution in [0.1, 0.15) is 12.6 Å². The summed E-state index contributed by atoms with van der Waals surface area (Å²) in [6.45, 7) is 2.36. The predicted octanol–water partition coefficient (Wildman–Crippen LogP) is 2.43. The van der Waals surface area contributed by atoms with E-state index in [1.165, 1.54) is 5.69 Å². The van der Waals surface area contributed by atoms with Gasteiger partial charge in [0.2, 0.25) is 0 Å².